The zero-order chi connectivity index (χ0) is 36.0. The van der Waals surface area contributed by atoms with Crippen molar-refractivity contribution in [2.24, 2.45) is 0 Å². The zero-order valence-corrected chi connectivity index (χ0v) is 27.2. The van der Waals surface area contributed by atoms with Crippen LogP contribution in [0.2, 0.25) is 0 Å². The fraction of sp³-hybridized carbons (Fsp3) is 0.524. The molecule has 4 aliphatic heterocycles. The molecule has 10 atom stereocenters. The maximum absolute atomic E-state index is 12.6. The molecule has 29 heteroatoms. The Kier molecular flexibility index (Phi) is 8.64. The van der Waals surface area contributed by atoms with Crippen molar-refractivity contribution in [3.05, 3.63) is 36.2 Å². The number of carbonyl (C=O) groups is 1. The van der Waals surface area contributed by atoms with Crippen molar-refractivity contribution in [3.63, 3.8) is 0 Å². The Morgan fingerprint density at radius 1 is 0.980 bits per heavy atom. The van der Waals surface area contributed by atoms with Crippen LogP contribution in [0.1, 0.15) is 12.6 Å². The van der Waals surface area contributed by atoms with Gasteiger partial charge in [-0.2, -0.15) is 4.31 Å². The summed E-state index contributed by atoms with van der Waals surface area (Å²) in [6, 6.07) is 0. The van der Waals surface area contributed by atoms with Crippen molar-refractivity contribution in [2.75, 3.05) is 13.2 Å². The van der Waals surface area contributed by atoms with Crippen molar-refractivity contribution < 1.29 is 95.2 Å². The highest BCUT2D eigenvalue weighted by atomic mass is 31.3. The Labute approximate surface area is 275 Å². The third-order valence-electron chi connectivity index (χ3n) is 7.96. The summed E-state index contributed by atoms with van der Waals surface area (Å²) in [5, 5.41) is 41.1. The number of ether oxygens (including phenoxy) is 2. The first-order chi connectivity index (χ1) is 23.4. The molecule has 1 spiro atoms. The quantitative estimate of drug-likeness (QED) is 0.0538. The fourth-order valence-electron chi connectivity index (χ4n) is 5.71. The summed E-state index contributed by atoms with van der Waals surface area (Å²) in [6.45, 7) is -2.07. The van der Waals surface area contributed by atoms with E-state index in [4.69, 9.17) is 23.0 Å². The van der Waals surface area contributed by atoms with Crippen LogP contribution in [-0.4, -0.2) is 131 Å². The Morgan fingerprint density at radius 2 is 1.66 bits per heavy atom. The fourth-order valence-corrected chi connectivity index (χ4v) is 8.35. The Morgan fingerprint density at radius 3 is 2.30 bits per heavy atom. The van der Waals surface area contributed by atoms with Gasteiger partial charge in [-0.1, -0.05) is 6.08 Å². The molecule has 26 nitrogen and oxygen atoms in total. The number of hydrogen-bond acceptors (Lipinski definition) is 19. The minimum atomic E-state index is -5.55. The summed E-state index contributed by atoms with van der Waals surface area (Å²) >= 11 is 0. The number of carboxylic acids is 1. The van der Waals surface area contributed by atoms with Crippen LogP contribution in [0.3, 0.4) is 0 Å². The van der Waals surface area contributed by atoms with Crippen LogP contribution in [-0.2, 0) is 45.8 Å². The second-order valence-corrected chi connectivity index (χ2v) is 15.3. The predicted octanol–water partition coefficient (Wildman–Crippen LogP) is -1.82. The van der Waals surface area contributed by atoms with Crippen LogP contribution in [0.15, 0.2) is 45.6 Å². The van der Waals surface area contributed by atoms with E-state index in [0.717, 1.165) is 22.1 Å². The minimum Gasteiger partial charge on any atom is -0.478 e. The molecule has 0 radical (unpaired) electrons. The normalized spacial score (nSPS) is 33.3. The van der Waals surface area contributed by atoms with Crippen LogP contribution in [0, 0.1) is 0 Å². The number of aliphatic hydroxyl groups is 3. The highest BCUT2D eigenvalue weighted by Crippen LogP contribution is 2.62. The van der Waals surface area contributed by atoms with Crippen molar-refractivity contribution in [1.29, 1.82) is 0 Å². The zero-order valence-electron chi connectivity index (χ0n) is 24.5. The standard InChI is InChI=1S/C21H25N6O20P3/c28-13-9(42-19(15(13)44-48(33,34)35)25-7-24-12-17(25)22-6-23-18(12)27-45-46-27)4-40-49(36,37)47-50(38,39)41-5-10-14(29)16(30)21(43-10)11-2-1-8(20(31)32)3-26(11)21/h2-3,6-7,9-10,13-16,19,28-30H,1,4-5H2,(H,31,32)(H,36,37)(H,38,39)(H2,33,34,35)/t9-,10-,13-,14-,15-,16-,19+,21+,26?/m1/s1. The van der Waals surface area contributed by atoms with Crippen molar-refractivity contribution in [2.45, 2.75) is 55.0 Å². The predicted molar refractivity (Wildman–Crippen MR) is 149 cm³/mol. The van der Waals surface area contributed by atoms with Gasteiger partial charge in [0.15, 0.2) is 17.4 Å². The van der Waals surface area contributed by atoms with Crippen LogP contribution < -0.4 is 0 Å². The number of hydrogen-bond donors (Lipinski definition) is 8. The van der Waals surface area contributed by atoms with Crippen LogP contribution >= 0.6 is 23.5 Å². The Balaban J connectivity index is 0.988. The lowest BCUT2D eigenvalue weighted by Crippen LogP contribution is -2.36. The summed E-state index contributed by atoms with van der Waals surface area (Å²) in [6.07, 6.45) is -7.22. The van der Waals surface area contributed by atoms with Gasteiger partial charge in [-0.15, -0.1) is 9.36 Å². The van der Waals surface area contributed by atoms with E-state index in [2.05, 4.69) is 28.6 Å². The van der Waals surface area contributed by atoms with Crippen molar-refractivity contribution in [1.82, 2.24) is 29.3 Å². The number of nitrogens with zero attached hydrogens (tertiary/aromatic N) is 6. The van der Waals surface area contributed by atoms with Gasteiger partial charge >= 0.3 is 29.4 Å². The highest BCUT2D eigenvalue weighted by Gasteiger charge is 2.72. The molecule has 0 bridgehead atoms. The van der Waals surface area contributed by atoms with Crippen LogP contribution in [0.5, 0.6) is 0 Å². The van der Waals surface area contributed by atoms with Gasteiger partial charge < -0.3 is 54.4 Å². The number of aromatic nitrogens is 5. The first-order valence-electron chi connectivity index (χ1n) is 13.9. The Bertz CT molecular complexity index is 2010. The maximum Gasteiger partial charge on any atom is 0.481 e. The smallest absolute Gasteiger partial charge is 0.478 e. The molecular formula is C21H25N6O20P3. The van der Waals surface area contributed by atoms with E-state index in [0.29, 0.717) is 5.70 Å². The lowest BCUT2D eigenvalue weighted by atomic mass is 10.1. The monoisotopic (exact) mass is 774 g/mol. The van der Waals surface area contributed by atoms with E-state index in [-0.39, 0.29) is 29.0 Å². The minimum absolute atomic E-state index is 0.00339. The number of aliphatic hydroxyl groups excluding tert-OH is 3. The number of aliphatic carboxylic acids is 1. The first kappa shape index (κ1) is 35.3. The van der Waals surface area contributed by atoms with Gasteiger partial charge in [-0.3, -0.25) is 18.1 Å². The SMILES string of the molecule is O=C(O)C1=CN2C(=CC1)[C@@]21O[C@H](COP(=O)(O)OP(=O)(O)OC[C@H]2O[C@H](n3cnc4c(-n5oo5)ncnc43)[C@H](OP(=O)(O)O)[C@@H]2O)[C@@H](O)[C@H]1O. The second-order valence-electron chi connectivity index (χ2n) is 11.1. The second kappa shape index (κ2) is 12.2. The van der Waals surface area contributed by atoms with E-state index < -0.39 is 91.2 Å². The highest BCUT2D eigenvalue weighted by molar-refractivity contribution is 7.61. The van der Waals surface area contributed by atoms with E-state index in [9.17, 15) is 58.5 Å². The number of phosphoric ester groups is 3. The lowest BCUT2D eigenvalue weighted by Gasteiger charge is -2.22. The molecule has 2 unspecified atom stereocenters. The average molecular weight is 774 g/mol. The summed E-state index contributed by atoms with van der Waals surface area (Å²) in [4.78, 5) is 64.7. The summed E-state index contributed by atoms with van der Waals surface area (Å²) in [7, 11) is -16.4. The third-order valence-corrected chi connectivity index (χ3v) is 11.1. The van der Waals surface area contributed by atoms with E-state index >= 15 is 0 Å². The largest absolute Gasteiger partial charge is 0.481 e. The van der Waals surface area contributed by atoms with Crippen molar-refractivity contribution in [3.8, 4) is 5.82 Å². The van der Waals surface area contributed by atoms with E-state index in [1.54, 1.807) is 0 Å². The van der Waals surface area contributed by atoms with E-state index in [1.807, 2.05) is 0 Å². The average Bonchev–Trinajstić information content (AvgIpc) is 3.89. The number of phosphoric acid groups is 3. The lowest BCUT2D eigenvalue weighted by molar-refractivity contribution is -0.132. The van der Waals surface area contributed by atoms with Gasteiger partial charge in [0.25, 0.3) is 0 Å². The molecule has 3 saturated heterocycles. The van der Waals surface area contributed by atoms with Crippen LogP contribution in [0.4, 0.5) is 0 Å². The topological polar surface area (TPSA) is 363 Å². The molecule has 0 aliphatic carbocycles. The number of imidazole rings is 1. The third kappa shape index (κ3) is 6.43. The van der Waals surface area contributed by atoms with Gasteiger partial charge in [0, 0.05) is 12.6 Å². The molecule has 8 N–H and O–H groups in total. The maximum atomic E-state index is 12.6. The van der Waals surface area contributed by atoms with Gasteiger partial charge in [0.05, 0.1) is 35.7 Å². The molecular weight excluding hydrogens is 749 g/mol. The van der Waals surface area contributed by atoms with Gasteiger partial charge in [0.2, 0.25) is 11.5 Å². The number of allylic oxidation sites excluding steroid dienone is 1. The molecule has 7 rings (SSSR count). The molecule has 0 aromatic carbocycles. The van der Waals surface area contributed by atoms with E-state index in [1.165, 1.54) is 17.2 Å². The van der Waals surface area contributed by atoms with Gasteiger partial charge in [-0.25, -0.2) is 33.4 Å². The molecule has 3 aromatic heterocycles. The van der Waals surface area contributed by atoms with Crippen molar-refractivity contribution >= 4 is 40.6 Å². The van der Waals surface area contributed by atoms with Crippen LogP contribution in [0.25, 0.3) is 17.0 Å². The number of fused-ring (bicyclic) bond motifs is 4. The molecule has 274 valence electrons. The molecule has 3 aromatic rings. The van der Waals surface area contributed by atoms with Gasteiger partial charge in [-0.05, 0) is 0 Å². The molecule has 0 amide bonds. The molecule has 3 fully saturated rings. The summed E-state index contributed by atoms with van der Waals surface area (Å²) in [5.41, 5.74) is -1.32. The summed E-state index contributed by atoms with van der Waals surface area (Å²) in [5.74, 6) is -1.19. The number of rotatable bonds is 13. The first-order valence-corrected chi connectivity index (χ1v) is 18.5. The molecule has 0 saturated carbocycles. The Hall–Kier alpha value is -3.13. The number of carboxylic acid groups (broad SMARTS) is 1. The van der Waals surface area contributed by atoms with Gasteiger partial charge in [0.1, 0.15) is 43.0 Å². The molecule has 4 aliphatic rings. The summed E-state index contributed by atoms with van der Waals surface area (Å²) < 4.78 is 76.9. The molecule has 7 heterocycles. The molecule has 50 heavy (non-hydrogen) atoms.